The summed E-state index contributed by atoms with van der Waals surface area (Å²) in [4.78, 5) is 0.154. The largest absolute Gasteiger partial charge is 0.389 e. The zero-order valence-electron chi connectivity index (χ0n) is 10.7. The summed E-state index contributed by atoms with van der Waals surface area (Å²) in [6, 6.07) is 4.85. The van der Waals surface area contributed by atoms with Gasteiger partial charge in [-0.05, 0) is 34.1 Å². The third-order valence-corrected chi connectivity index (χ3v) is 5.66. The number of thiocarbonyl (C=S) groups is 1. The fourth-order valence-corrected chi connectivity index (χ4v) is 4.37. The molecular formula is C11H10Br2N4O2S2. The highest BCUT2D eigenvalue weighted by atomic mass is 79.9. The van der Waals surface area contributed by atoms with E-state index >= 15 is 0 Å². The molecule has 112 valence electrons. The number of anilines is 1. The van der Waals surface area contributed by atoms with Crippen LogP contribution >= 0.6 is 44.1 Å². The molecule has 0 radical (unpaired) electrons. The van der Waals surface area contributed by atoms with E-state index in [2.05, 4.69) is 41.7 Å². The lowest BCUT2D eigenvalue weighted by Gasteiger charge is -2.11. The lowest BCUT2D eigenvalue weighted by Crippen LogP contribution is -2.19. The molecule has 21 heavy (non-hydrogen) atoms. The maximum absolute atomic E-state index is 12.5. The van der Waals surface area contributed by atoms with Crippen LogP contribution in [0.3, 0.4) is 0 Å². The fraction of sp³-hybridized carbons (Fsp3) is 0.0909. The van der Waals surface area contributed by atoms with Gasteiger partial charge in [-0.1, -0.05) is 28.1 Å². The van der Waals surface area contributed by atoms with E-state index in [1.54, 1.807) is 19.2 Å². The van der Waals surface area contributed by atoms with Crippen molar-refractivity contribution in [1.29, 1.82) is 0 Å². The number of nitrogens with zero attached hydrogens (tertiary/aromatic N) is 2. The lowest BCUT2D eigenvalue weighted by atomic mass is 10.3. The van der Waals surface area contributed by atoms with Crippen LogP contribution in [0.1, 0.15) is 5.56 Å². The Morgan fingerprint density at radius 2 is 2.10 bits per heavy atom. The molecule has 0 bridgehead atoms. The van der Waals surface area contributed by atoms with Crippen molar-refractivity contribution in [3.8, 4) is 0 Å². The number of benzene rings is 1. The zero-order chi connectivity index (χ0) is 15.8. The molecule has 0 spiro atoms. The van der Waals surface area contributed by atoms with Gasteiger partial charge in [0.05, 0.1) is 11.8 Å². The summed E-state index contributed by atoms with van der Waals surface area (Å²) < 4.78 is 29.9. The summed E-state index contributed by atoms with van der Waals surface area (Å²) >= 11 is 11.4. The first-order chi connectivity index (χ1) is 9.72. The second-order valence-electron chi connectivity index (χ2n) is 4.07. The van der Waals surface area contributed by atoms with Gasteiger partial charge in [-0.3, -0.25) is 9.40 Å². The summed E-state index contributed by atoms with van der Waals surface area (Å²) in [5.74, 6) is 0.217. The molecule has 0 unspecified atom stereocenters. The van der Waals surface area contributed by atoms with E-state index in [0.29, 0.717) is 14.5 Å². The summed E-state index contributed by atoms with van der Waals surface area (Å²) in [7, 11) is -2.22. The van der Waals surface area contributed by atoms with Gasteiger partial charge >= 0.3 is 0 Å². The SMILES string of the molecule is Cn1ncc(C(N)=S)c1NS(=O)(=O)c1cc(Br)ccc1Br. The highest BCUT2D eigenvalue weighted by Crippen LogP contribution is 2.28. The minimum atomic E-state index is -3.82. The second-order valence-corrected chi connectivity index (χ2v) is 7.94. The van der Waals surface area contributed by atoms with Gasteiger partial charge in [-0.25, -0.2) is 8.42 Å². The highest BCUT2D eigenvalue weighted by molar-refractivity contribution is 9.11. The van der Waals surface area contributed by atoms with Crippen molar-refractivity contribution in [2.45, 2.75) is 4.90 Å². The van der Waals surface area contributed by atoms with Crippen LogP contribution in [0.5, 0.6) is 0 Å². The third-order valence-electron chi connectivity index (χ3n) is 2.62. The van der Waals surface area contributed by atoms with E-state index in [-0.39, 0.29) is 15.7 Å². The summed E-state index contributed by atoms with van der Waals surface area (Å²) in [5, 5.41) is 3.96. The minimum absolute atomic E-state index is 0.0640. The number of aryl methyl sites for hydroxylation is 1. The Morgan fingerprint density at radius 3 is 2.71 bits per heavy atom. The normalized spacial score (nSPS) is 11.4. The Balaban J connectivity index is 2.50. The number of hydrogen-bond donors (Lipinski definition) is 2. The van der Waals surface area contributed by atoms with Gasteiger partial charge in [0.2, 0.25) is 0 Å². The maximum Gasteiger partial charge on any atom is 0.264 e. The first-order valence-corrected chi connectivity index (χ1v) is 9.00. The lowest BCUT2D eigenvalue weighted by molar-refractivity contribution is 0.599. The van der Waals surface area contributed by atoms with Gasteiger partial charge in [-0.15, -0.1) is 0 Å². The van der Waals surface area contributed by atoms with Crippen molar-refractivity contribution in [3.63, 3.8) is 0 Å². The predicted octanol–water partition coefficient (Wildman–Crippen LogP) is 2.38. The Kier molecular flexibility index (Phi) is 4.71. The smallest absolute Gasteiger partial charge is 0.264 e. The van der Waals surface area contributed by atoms with E-state index < -0.39 is 10.0 Å². The molecule has 0 amide bonds. The molecule has 0 saturated carbocycles. The molecular weight excluding hydrogens is 444 g/mol. The van der Waals surface area contributed by atoms with Crippen molar-refractivity contribution in [2.24, 2.45) is 12.8 Å². The quantitative estimate of drug-likeness (QED) is 0.693. The second kappa shape index (κ2) is 6.03. The van der Waals surface area contributed by atoms with Crippen LogP contribution in [-0.4, -0.2) is 23.2 Å². The molecule has 1 heterocycles. The van der Waals surface area contributed by atoms with E-state index in [0.717, 1.165) is 0 Å². The number of sulfonamides is 1. The van der Waals surface area contributed by atoms with Gasteiger partial charge in [0.15, 0.2) is 0 Å². The molecule has 0 aliphatic rings. The Bertz CT molecular complexity index is 818. The van der Waals surface area contributed by atoms with Crippen LogP contribution in [0.4, 0.5) is 5.82 Å². The van der Waals surface area contributed by atoms with E-state index in [1.807, 2.05) is 0 Å². The number of rotatable bonds is 4. The fourth-order valence-electron chi connectivity index (χ4n) is 1.60. The molecule has 10 heteroatoms. The van der Waals surface area contributed by atoms with Gasteiger partial charge in [0.25, 0.3) is 10.0 Å². The Hall–Kier alpha value is -0.970. The summed E-state index contributed by atoms with van der Waals surface area (Å²) in [6.07, 6.45) is 1.41. The standard InChI is InChI=1S/C11H10Br2N4O2S2/c1-17-11(7(5-15-17)10(14)20)16-21(18,19)9-4-6(12)2-3-8(9)13/h2-5,16H,1H3,(H2,14,20). The number of aromatic nitrogens is 2. The number of nitrogens with two attached hydrogens (primary N) is 1. The Labute approximate surface area is 144 Å². The summed E-state index contributed by atoms with van der Waals surface area (Å²) in [5.41, 5.74) is 5.93. The molecule has 1 aromatic carbocycles. The Morgan fingerprint density at radius 1 is 1.43 bits per heavy atom. The minimum Gasteiger partial charge on any atom is -0.389 e. The number of nitrogens with one attached hydrogen (secondary N) is 1. The van der Waals surface area contributed by atoms with Crippen molar-refractivity contribution in [2.75, 3.05) is 4.72 Å². The predicted molar refractivity (Wildman–Crippen MR) is 91.7 cm³/mol. The average molecular weight is 454 g/mol. The molecule has 0 fully saturated rings. The topological polar surface area (TPSA) is 90.0 Å². The van der Waals surface area contributed by atoms with Crippen molar-refractivity contribution in [1.82, 2.24) is 9.78 Å². The van der Waals surface area contributed by atoms with Gasteiger partial charge in [-0.2, -0.15) is 5.10 Å². The van der Waals surface area contributed by atoms with Gasteiger partial charge in [0.1, 0.15) is 15.7 Å². The monoisotopic (exact) mass is 452 g/mol. The molecule has 0 aliphatic heterocycles. The number of hydrogen-bond acceptors (Lipinski definition) is 4. The van der Waals surface area contributed by atoms with Crippen LogP contribution in [-0.2, 0) is 17.1 Å². The molecule has 0 saturated heterocycles. The van der Waals surface area contributed by atoms with Crippen LogP contribution in [0.25, 0.3) is 0 Å². The van der Waals surface area contributed by atoms with E-state index in [1.165, 1.54) is 16.9 Å². The molecule has 6 nitrogen and oxygen atoms in total. The summed E-state index contributed by atoms with van der Waals surface area (Å²) in [6.45, 7) is 0. The molecule has 2 aromatic rings. The van der Waals surface area contributed by atoms with Crippen LogP contribution in [0, 0.1) is 0 Å². The van der Waals surface area contributed by atoms with Crippen molar-refractivity contribution >= 4 is 64.9 Å². The molecule has 0 aliphatic carbocycles. The van der Waals surface area contributed by atoms with E-state index in [9.17, 15) is 8.42 Å². The first-order valence-electron chi connectivity index (χ1n) is 5.52. The van der Waals surface area contributed by atoms with Crippen molar-refractivity contribution in [3.05, 3.63) is 38.9 Å². The van der Waals surface area contributed by atoms with Crippen LogP contribution in [0.15, 0.2) is 38.2 Å². The van der Waals surface area contributed by atoms with Crippen LogP contribution < -0.4 is 10.5 Å². The van der Waals surface area contributed by atoms with Crippen LogP contribution in [0.2, 0.25) is 0 Å². The molecule has 0 atom stereocenters. The molecule has 1 aromatic heterocycles. The third kappa shape index (κ3) is 3.44. The highest BCUT2D eigenvalue weighted by Gasteiger charge is 2.22. The first kappa shape index (κ1) is 16.4. The van der Waals surface area contributed by atoms with Gasteiger partial charge in [0, 0.05) is 16.0 Å². The molecule has 2 rings (SSSR count). The maximum atomic E-state index is 12.5. The zero-order valence-corrected chi connectivity index (χ0v) is 15.5. The number of halogens is 2. The van der Waals surface area contributed by atoms with E-state index in [4.69, 9.17) is 18.0 Å². The average Bonchev–Trinajstić information content (AvgIpc) is 2.73. The molecule has 3 N–H and O–H groups in total. The van der Waals surface area contributed by atoms with Gasteiger partial charge < -0.3 is 5.73 Å². The van der Waals surface area contributed by atoms with Crippen molar-refractivity contribution < 1.29 is 8.42 Å².